The summed E-state index contributed by atoms with van der Waals surface area (Å²) in [6, 6.07) is 0.900. The minimum absolute atomic E-state index is 0.00644. The standard InChI is InChI=1S/C14H13F3N6O/c1-6-4-9(14(15,16)17)23-10(19-6)5-18-12-11-13(21-7(2)20-12)24-8(3)22-11/h4H,5H2,1-3H3,(H,18,20,21). The molecule has 0 unspecified atom stereocenters. The highest BCUT2D eigenvalue weighted by Gasteiger charge is 2.33. The van der Waals surface area contributed by atoms with E-state index in [4.69, 9.17) is 4.42 Å². The molecule has 3 heterocycles. The summed E-state index contributed by atoms with van der Waals surface area (Å²) in [6.45, 7) is 4.78. The number of hydrogen-bond donors (Lipinski definition) is 1. The lowest BCUT2D eigenvalue weighted by molar-refractivity contribution is -0.141. The smallest absolute Gasteiger partial charge is 0.422 e. The molecule has 0 aliphatic rings. The van der Waals surface area contributed by atoms with Crippen LogP contribution >= 0.6 is 0 Å². The zero-order chi connectivity index (χ0) is 17.5. The van der Waals surface area contributed by atoms with Gasteiger partial charge in [-0.1, -0.05) is 0 Å². The van der Waals surface area contributed by atoms with E-state index in [0.717, 1.165) is 6.07 Å². The Morgan fingerprint density at radius 1 is 1.04 bits per heavy atom. The van der Waals surface area contributed by atoms with Gasteiger partial charge in [-0.3, -0.25) is 0 Å². The third-order valence-corrected chi connectivity index (χ3v) is 3.08. The van der Waals surface area contributed by atoms with E-state index < -0.39 is 11.9 Å². The normalized spacial score (nSPS) is 11.9. The molecule has 0 saturated heterocycles. The fourth-order valence-corrected chi connectivity index (χ4v) is 2.17. The number of nitrogens with one attached hydrogen (secondary N) is 1. The van der Waals surface area contributed by atoms with Crippen LogP contribution in [0.2, 0.25) is 0 Å². The molecule has 0 saturated carbocycles. The van der Waals surface area contributed by atoms with Gasteiger partial charge in [-0.25, -0.2) is 19.9 Å². The summed E-state index contributed by atoms with van der Waals surface area (Å²) in [4.78, 5) is 20.0. The number of anilines is 1. The Morgan fingerprint density at radius 3 is 2.50 bits per heavy atom. The molecular weight excluding hydrogens is 325 g/mol. The van der Waals surface area contributed by atoms with Crippen LogP contribution in [0.4, 0.5) is 19.0 Å². The second-order valence-electron chi connectivity index (χ2n) is 5.17. The van der Waals surface area contributed by atoms with E-state index >= 15 is 0 Å². The lowest BCUT2D eigenvalue weighted by atomic mass is 10.3. The van der Waals surface area contributed by atoms with Crippen molar-refractivity contribution in [2.45, 2.75) is 33.5 Å². The van der Waals surface area contributed by atoms with E-state index in [9.17, 15) is 13.2 Å². The average molecular weight is 338 g/mol. The van der Waals surface area contributed by atoms with E-state index in [1.54, 1.807) is 13.8 Å². The van der Waals surface area contributed by atoms with Gasteiger partial charge in [-0.05, 0) is 19.9 Å². The molecule has 3 rings (SSSR count). The Bertz CT molecular complexity index is 905. The Morgan fingerprint density at radius 2 is 1.79 bits per heavy atom. The summed E-state index contributed by atoms with van der Waals surface area (Å²) in [6.07, 6.45) is -4.52. The maximum atomic E-state index is 12.8. The summed E-state index contributed by atoms with van der Waals surface area (Å²) in [5.41, 5.74) is -0.0334. The van der Waals surface area contributed by atoms with Gasteiger partial charge >= 0.3 is 6.18 Å². The number of hydrogen-bond acceptors (Lipinski definition) is 7. The van der Waals surface area contributed by atoms with Gasteiger partial charge < -0.3 is 9.73 Å². The summed E-state index contributed by atoms with van der Waals surface area (Å²) in [7, 11) is 0. The van der Waals surface area contributed by atoms with Gasteiger partial charge in [-0.2, -0.15) is 18.2 Å². The van der Waals surface area contributed by atoms with E-state index in [0.29, 0.717) is 28.8 Å². The van der Waals surface area contributed by atoms with Gasteiger partial charge in [0.25, 0.3) is 5.71 Å². The first-order valence-corrected chi connectivity index (χ1v) is 7.00. The number of aryl methyl sites for hydroxylation is 3. The van der Waals surface area contributed by atoms with Crippen molar-refractivity contribution in [1.29, 1.82) is 0 Å². The fourth-order valence-electron chi connectivity index (χ4n) is 2.17. The Kier molecular flexibility index (Phi) is 3.82. The van der Waals surface area contributed by atoms with E-state index in [-0.39, 0.29) is 18.1 Å². The van der Waals surface area contributed by atoms with Crippen LogP contribution in [0.25, 0.3) is 11.2 Å². The first-order chi connectivity index (χ1) is 11.2. The van der Waals surface area contributed by atoms with Crippen LogP contribution in [0.5, 0.6) is 0 Å². The van der Waals surface area contributed by atoms with Gasteiger partial charge in [-0.15, -0.1) is 0 Å². The summed E-state index contributed by atoms with van der Waals surface area (Å²) in [5.74, 6) is 1.22. The number of rotatable bonds is 3. The van der Waals surface area contributed by atoms with Crippen LogP contribution in [0.15, 0.2) is 10.5 Å². The summed E-state index contributed by atoms with van der Waals surface area (Å²) >= 11 is 0. The van der Waals surface area contributed by atoms with Gasteiger partial charge in [0, 0.05) is 12.6 Å². The van der Waals surface area contributed by atoms with Crippen LogP contribution in [-0.2, 0) is 12.7 Å². The van der Waals surface area contributed by atoms with E-state index in [1.807, 2.05) is 0 Å². The lowest BCUT2D eigenvalue weighted by Crippen LogP contribution is -2.14. The largest absolute Gasteiger partial charge is 0.433 e. The Hall–Kier alpha value is -2.78. The monoisotopic (exact) mass is 338 g/mol. The van der Waals surface area contributed by atoms with Gasteiger partial charge in [0.15, 0.2) is 17.2 Å². The molecule has 3 aromatic heterocycles. The molecular formula is C14H13F3N6O. The van der Waals surface area contributed by atoms with Gasteiger partial charge in [0.1, 0.15) is 17.3 Å². The summed E-state index contributed by atoms with van der Waals surface area (Å²) < 4.78 is 43.8. The number of halogens is 3. The second-order valence-corrected chi connectivity index (χ2v) is 5.17. The van der Waals surface area contributed by atoms with Crippen molar-refractivity contribution >= 4 is 17.0 Å². The first kappa shape index (κ1) is 16.1. The van der Waals surface area contributed by atoms with Crippen LogP contribution in [0.3, 0.4) is 0 Å². The molecule has 3 aromatic rings. The molecule has 126 valence electrons. The predicted octanol–water partition coefficient (Wildman–Crippen LogP) is 2.96. The van der Waals surface area contributed by atoms with Crippen molar-refractivity contribution in [3.63, 3.8) is 0 Å². The van der Waals surface area contributed by atoms with Crippen molar-refractivity contribution < 1.29 is 17.6 Å². The fraction of sp³-hybridized carbons (Fsp3) is 0.357. The number of nitrogens with zero attached hydrogens (tertiary/aromatic N) is 5. The topological polar surface area (TPSA) is 89.6 Å². The van der Waals surface area contributed by atoms with Crippen LogP contribution in [-0.4, -0.2) is 24.9 Å². The molecule has 7 nitrogen and oxygen atoms in total. The molecule has 1 N–H and O–H groups in total. The highest BCUT2D eigenvalue weighted by atomic mass is 19.4. The molecule has 10 heteroatoms. The van der Waals surface area contributed by atoms with Crippen LogP contribution in [0, 0.1) is 20.8 Å². The zero-order valence-corrected chi connectivity index (χ0v) is 13.1. The number of alkyl halides is 3. The quantitative estimate of drug-likeness (QED) is 0.785. The van der Waals surface area contributed by atoms with Crippen LogP contribution in [0.1, 0.15) is 28.9 Å². The molecule has 0 bridgehead atoms. The van der Waals surface area contributed by atoms with Gasteiger partial charge in [0.2, 0.25) is 0 Å². The number of oxazole rings is 1. The molecule has 0 atom stereocenters. The third kappa shape index (κ3) is 3.26. The SMILES string of the molecule is Cc1cc(C(F)(F)F)nc(CNc2nc(C)nc3oc(C)nc23)n1. The van der Waals surface area contributed by atoms with Gasteiger partial charge in [0.05, 0.1) is 6.54 Å². The second kappa shape index (κ2) is 5.69. The molecule has 0 aliphatic heterocycles. The minimum atomic E-state index is -4.52. The third-order valence-electron chi connectivity index (χ3n) is 3.08. The molecule has 0 amide bonds. The van der Waals surface area contributed by atoms with Crippen molar-refractivity contribution in [1.82, 2.24) is 24.9 Å². The lowest BCUT2D eigenvalue weighted by Gasteiger charge is -2.10. The molecule has 0 radical (unpaired) electrons. The van der Waals surface area contributed by atoms with Crippen molar-refractivity contribution in [3.05, 3.63) is 35.0 Å². The van der Waals surface area contributed by atoms with Crippen molar-refractivity contribution in [2.75, 3.05) is 5.32 Å². The number of aromatic nitrogens is 5. The molecule has 0 fully saturated rings. The molecule has 0 aromatic carbocycles. The Balaban J connectivity index is 1.90. The molecule has 0 spiro atoms. The average Bonchev–Trinajstić information content (AvgIpc) is 2.83. The highest BCUT2D eigenvalue weighted by Crippen LogP contribution is 2.28. The minimum Gasteiger partial charge on any atom is -0.422 e. The molecule has 0 aliphatic carbocycles. The van der Waals surface area contributed by atoms with E-state index in [2.05, 4.69) is 30.2 Å². The predicted molar refractivity (Wildman–Crippen MR) is 78.2 cm³/mol. The molecule has 24 heavy (non-hydrogen) atoms. The first-order valence-electron chi connectivity index (χ1n) is 7.00. The van der Waals surface area contributed by atoms with Crippen molar-refractivity contribution in [2.24, 2.45) is 0 Å². The zero-order valence-electron chi connectivity index (χ0n) is 13.1. The Labute approximate surface area is 134 Å². The maximum absolute atomic E-state index is 12.8. The summed E-state index contributed by atoms with van der Waals surface area (Å²) in [5, 5.41) is 2.90. The van der Waals surface area contributed by atoms with Crippen molar-refractivity contribution in [3.8, 4) is 0 Å². The maximum Gasteiger partial charge on any atom is 0.433 e. The number of fused-ring (bicyclic) bond motifs is 1. The highest BCUT2D eigenvalue weighted by molar-refractivity contribution is 5.81. The van der Waals surface area contributed by atoms with Crippen LogP contribution < -0.4 is 5.32 Å². The van der Waals surface area contributed by atoms with E-state index in [1.165, 1.54) is 6.92 Å².